The van der Waals surface area contributed by atoms with Crippen LogP contribution in [0.25, 0.3) is 16.9 Å². The summed E-state index contributed by atoms with van der Waals surface area (Å²) in [6, 6.07) is 8.12. The Morgan fingerprint density at radius 3 is 2.89 bits per heavy atom. The van der Waals surface area contributed by atoms with Crippen LogP contribution in [0.2, 0.25) is 0 Å². The summed E-state index contributed by atoms with van der Waals surface area (Å²) in [5.74, 6) is 0.551. The number of imidazole rings is 1. The molecular weight excluding hydrogens is 333 g/mol. The molecule has 0 N–H and O–H groups in total. The van der Waals surface area contributed by atoms with Crippen molar-refractivity contribution in [1.82, 2.24) is 14.5 Å². The molecule has 0 saturated heterocycles. The first-order valence-electron chi connectivity index (χ1n) is 5.54. The highest BCUT2D eigenvalue weighted by molar-refractivity contribution is 9.10. The molecule has 0 radical (unpaired) electrons. The lowest BCUT2D eigenvalue weighted by atomic mass is 10.3. The lowest BCUT2D eigenvalue weighted by molar-refractivity contribution is 0.626. The van der Waals surface area contributed by atoms with Gasteiger partial charge in [-0.3, -0.25) is 4.57 Å². The van der Waals surface area contributed by atoms with E-state index >= 15 is 0 Å². The normalized spacial score (nSPS) is 11.1. The Kier molecular flexibility index (Phi) is 3.24. The molecule has 0 aliphatic carbocycles. The molecule has 96 valence electrons. The molecule has 0 saturated carbocycles. The van der Waals surface area contributed by atoms with Crippen LogP contribution in [-0.2, 0) is 5.88 Å². The lowest BCUT2D eigenvalue weighted by Gasteiger charge is -2.06. The van der Waals surface area contributed by atoms with Gasteiger partial charge in [-0.2, -0.15) is 0 Å². The highest BCUT2D eigenvalue weighted by atomic mass is 79.9. The summed E-state index contributed by atoms with van der Waals surface area (Å²) in [5.41, 5.74) is 2.03. The van der Waals surface area contributed by atoms with Crippen molar-refractivity contribution < 1.29 is 4.39 Å². The second-order valence-electron chi connectivity index (χ2n) is 3.97. The fourth-order valence-corrected chi connectivity index (χ4v) is 2.46. The first-order chi connectivity index (χ1) is 9.19. The average molecular weight is 341 g/mol. The van der Waals surface area contributed by atoms with Gasteiger partial charge in [0.15, 0.2) is 5.65 Å². The first-order valence-corrected chi connectivity index (χ1v) is 6.86. The summed E-state index contributed by atoms with van der Waals surface area (Å²) in [7, 11) is 0. The molecule has 0 amide bonds. The van der Waals surface area contributed by atoms with Crippen molar-refractivity contribution in [3.8, 4) is 5.69 Å². The van der Waals surface area contributed by atoms with E-state index in [4.69, 9.17) is 11.6 Å². The maximum absolute atomic E-state index is 13.4. The second kappa shape index (κ2) is 4.90. The van der Waals surface area contributed by atoms with Crippen molar-refractivity contribution >= 4 is 38.7 Å². The zero-order valence-corrected chi connectivity index (χ0v) is 12.0. The van der Waals surface area contributed by atoms with Gasteiger partial charge in [-0.1, -0.05) is 6.07 Å². The Bertz CT molecular complexity index is 757. The summed E-state index contributed by atoms with van der Waals surface area (Å²) in [6.45, 7) is 0. The predicted molar refractivity (Wildman–Crippen MR) is 76.1 cm³/mol. The molecule has 3 rings (SSSR count). The van der Waals surface area contributed by atoms with Crippen LogP contribution in [0.1, 0.15) is 5.82 Å². The monoisotopic (exact) mass is 339 g/mol. The number of nitrogens with zero attached hydrogens (tertiary/aromatic N) is 3. The molecule has 0 spiro atoms. The van der Waals surface area contributed by atoms with E-state index in [0.29, 0.717) is 22.7 Å². The molecule has 0 aliphatic rings. The first kappa shape index (κ1) is 12.6. The van der Waals surface area contributed by atoms with E-state index < -0.39 is 0 Å². The molecule has 3 aromatic rings. The smallest absolute Gasteiger partial charge is 0.164 e. The van der Waals surface area contributed by atoms with Gasteiger partial charge in [-0.05, 0) is 40.2 Å². The van der Waals surface area contributed by atoms with Gasteiger partial charge in [-0.25, -0.2) is 14.4 Å². The third-order valence-electron chi connectivity index (χ3n) is 2.72. The molecular formula is C13H8BrClFN3. The summed E-state index contributed by atoms with van der Waals surface area (Å²) in [6.07, 6.45) is 1.68. The number of fused-ring (bicyclic) bond motifs is 1. The fourth-order valence-electron chi connectivity index (χ4n) is 1.96. The average Bonchev–Trinajstić information content (AvgIpc) is 2.76. The minimum absolute atomic E-state index is 0.227. The van der Waals surface area contributed by atoms with Crippen molar-refractivity contribution in [3.05, 3.63) is 52.6 Å². The lowest BCUT2D eigenvalue weighted by Crippen LogP contribution is -2.00. The van der Waals surface area contributed by atoms with Gasteiger partial charge in [0.2, 0.25) is 0 Å². The van der Waals surface area contributed by atoms with Gasteiger partial charge in [-0.15, -0.1) is 11.6 Å². The van der Waals surface area contributed by atoms with Crippen molar-refractivity contribution in [2.45, 2.75) is 5.88 Å². The summed E-state index contributed by atoms with van der Waals surface area (Å²) in [4.78, 5) is 8.74. The van der Waals surface area contributed by atoms with Crippen molar-refractivity contribution in [2.75, 3.05) is 0 Å². The van der Waals surface area contributed by atoms with E-state index in [1.807, 2.05) is 6.07 Å². The third kappa shape index (κ3) is 2.24. The molecule has 2 aromatic heterocycles. The summed E-state index contributed by atoms with van der Waals surface area (Å²) >= 11 is 9.27. The Morgan fingerprint density at radius 2 is 2.16 bits per heavy atom. The molecule has 3 nitrogen and oxygen atoms in total. The van der Waals surface area contributed by atoms with Crippen LogP contribution in [0.4, 0.5) is 4.39 Å². The van der Waals surface area contributed by atoms with Gasteiger partial charge in [0.1, 0.15) is 17.2 Å². The number of pyridine rings is 1. The largest absolute Gasteiger partial charge is 0.280 e. The Labute approximate surface area is 122 Å². The van der Waals surface area contributed by atoms with Crippen LogP contribution in [0.5, 0.6) is 0 Å². The van der Waals surface area contributed by atoms with E-state index in [0.717, 1.165) is 4.47 Å². The maximum Gasteiger partial charge on any atom is 0.164 e. The molecule has 2 heterocycles. The SMILES string of the molecule is Fc1cccc(-n2c(CCl)nc3cc(Br)cnc32)c1. The predicted octanol–water partition coefficient (Wildman–Crippen LogP) is 4.06. The van der Waals surface area contributed by atoms with Crippen LogP contribution < -0.4 is 0 Å². The van der Waals surface area contributed by atoms with E-state index in [1.54, 1.807) is 22.9 Å². The molecule has 0 aliphatic heterocycles. The number of hydrogen-bond acceptors (Lipinski definition) is 2. The van der Waals surface area contributed by atoms with E-state index in [1.165, 1.54) is 12.1 Å². The van der Waals surface area contributed by atoms with Gasteiger partial charge in [0.25, 0.3) is 0 Å². The number of alkyl halides is 1. The third-order valence-corrected chi connectivity index (χ3v) is 3.39. The molecule has 0 bridgehead atoms. The number of aromatic nitrogens is 3. The number of benzene rings is 1. The Balaban J connectivity index is 2.32. The molecule has 0 fully saturated rings. The molecule has 6 heteroatoms. The van der Waals surface area contributed by atoms with Gasteiger partial charge >= 0.3 is 0 Å². The zero-order valence-electron chi connectivity index (χ0n) is 9.65. The fraction of sp³-hybridized carbons (Fsp3) is 0.0769. The van der Waals surface area contributed by atoms with Crippen LogP contribution >= 0.6 is 27.5 Å². The minimum Gasteiger partial charge on any atom is -0.280 e. The van der Waals surface area contributed by atoms with Crippen molar-refractivity contribution in [2.24, 2.45) is 0 Å². The quantitative estimate of drug-likeness (QED) is 0.659. The van der Waals surface area contributed by atoms with E-state index in [-0.39, 0.29) is 11.7 Å². The maximum atomic E-state index is 13.4. The summed E-state index contributed by atoms with van der Waals surface area (Å²) in [5, 5.41) is 0. The summed E-state index contributed by atoms with van der Waals surface area (Å²) < 4.78 is 16.0. The van der Waals surface area contributed by atoms with Crippen molar-refractivity contribution in [3.63, 3.8) is 0 Å². The van der Waals surface area contributed by atoms with Gasteiger partial charge < -0.3 is 0 Å². The Hall–Kier alpha value is -1.46. The van der Waals surface area contributed by atoms with Crippen LogP contribution in [-0.4, -0.2) is 14.5 Å². The van der Waals surface area contributed by atoms with Crippen LogP contribution in [0.3, 0.4) is 0 Å². The molecule has 0 unspecified atom stereocenters. The zero-order chi connectivity index (χ0) is 13.4. The minimum atomic E-state index is -0.308. The Morgan fingerprint density at radius 1 is 1.32 bits per heavy atom. The number of halogens is 3. The number of rotatable bonds is 2. The highest BCUT2D eigenvalue weighted by Crippen LogP contribution is 2.23. The molecule has 0 atom stereocenters. The standard InChI is InChI=1S/C13H8BrClFN3/c14-8-4-11-13(17-7-8)19(12(6-15)18-11)10-3-1-2-9(16)5-10/h1-5,7H,6H2. The molecule has 1 aromatic carbocycles. The van der Waals surface area contributed by atoms with Gasteiger partial charge in [0.05, 0.1) is 11.6 Å². The topological polar surface area (TPSA) is 30.7 Å². The number of hydrogen-bond donors (Lipinski definition) is 0. The van der Waals surface area contributed by atoms with Crippen LogP contribution in [0.15, 0.2) is 41.0 Å². The van der Waals surface area contributed by atoms with Gasteiger partial charge in [0, 0.05) is 10.7 Å². The molecule has 19 heavy (non-hydrogen) atoms. The van der Waals surface area contributed by atoms with E-state index in [2.05, 4.69) is 25.9 Å². The van der Waals surface area contributed by atoms with Crippen molar-refractivity contribution in [1.29, 1.82) is 0 Å². The second-order valence-corrected chi connectivity index (χ2v) is 5.16. The highest BCUT2D eigenvalue weighted by Gasteiger charge is 2.13. The van der Waals surface area contributed by atoms with Crippen LogP contribution in [0, 0.1) is 5.82 Å². The van der Waals surface area contributed by atoms with E-state index in [9.17, 15) is 4.39 Å².